The molecule has 0 bridgehead atoms. The van der Waals surface area contributed by atoms with Gasteiger partial charge in [0.15, 0.2) is 0 Å². The van der Waals surface area contributed by atoms with Crippen molar-refractivity contribution in [3.05, 3.63) is 47.3 Å². The number of nitrogens with one attached hydrogen (secondary N) is 1. The van der Waals surface area contributed by atoms with Gasteiger partial charge < -0.3 is 14.6 Å². The Kier molecular flexibility index (Phi) is 3.83. The van der Waals surface area contributed by atoms with Crippen LogP contribution in [0.1, 0.15) is 17.7 Å². The predicted molar refractivity (Wildman–Crippen MR) is 99.8 cm³/mol. The van der Waals surface area contributed by atoms with Crippen LogP contribution in [0.25, 0.3) is 10.9 Å². The molecule has 130 valence electrons. The molecule has 5 nitrogen and oxygen atoms in total. The van der Waals surface area contributed by atoms with E-state index in [2.05, 4.69) is 51.3 Å². The third-order valence-corrected chi connectivity index (χ3v) is 5.63. The normalized spacial score (nSPS) is 24.4. The molecule has 3 aliphatic rings. The molecule has 25 heavy (non-hydrogen) atoms. The average molecular weight is 336 g/mol. The van der Waals surface area contributed by atoms with Crippen molar-refractivity contribution in [2.24, 2.45) is 4.99 Å². The molecule has 1 atom stereocenters. The first-order chi connectivity index (χ1) is 12.4. The van der Waals surface area contributed by atoms with Crippen LogP contribution in [-0.4, -0.2) is 60.0 Å². The zero-order chi connectivity index (χ0) is 16.6. The van der Waals surface area contributed by atoms with Crippen molar-refractivity contribution >= 4 is 17.1 Å². The molecule has 2 aromatic rings. The highest BCUT2D eigenvalue weighted by Gasteiger charge is 2.26. The van der Waals surface area contributed by atoms with E-state index in [0.29, 0.717) is 0 Å². The van der Waals surface area contributed by atoms with Gasteiger partial charge in [-0.2, -0.15) is 0 Å². The largest absolute Gasteiger partial charge is 0.378 e. The molecule has 5 rings (SSSR count). The lowest BCUT2D eigenvalue weighted by Crippen LogP contribution is -2.41. The number of fused-ring (bicyclic) bond motifs is 3. The zero-order valence-corrected chi connectivity index (χ0v) is 14.4. The molecule has 0 spiro atoms. The van der Waals surface area contributed by atoms with Gasteiger partial charge in [-0.05, 0) is 11.6 Å². The lowest BCUT2D eigenvalue weighted by atomic mass is 10.0. The number of para-hydroxylation sites is 1. The Hall–Kier alpha value is -2.11. The second-order valence-electron chi connectivity index (χ2n) is 7.07. The lowest BCUT2D eigenvalue weighted by molar-refractivity contribution is 0.0560. The fraction of sp³-hybridized carbons (Fsp3) is 0.450. The van der Waals surface area contributed by atoms with E-state index in [1.807, 2.05) is 0 Å². The minimum Gasteiger partial charge on any atom is -0.378 e. The molecule has 0 radical (unpaired) electrons. The van der Waals surface area contributed by atoms with E-state index in [-0.39, 0.29) is 6.17 Å². The summed E-state index contributed by atoms with van der Waals surface area (Å²) in [7, 11) is 0. The van der Waals surface area contributed by atoms with Crippen molar-refractivity contribution in [3.63, 3.8) is 0 Å². The predicted octanol–water partition coefficient (Wildman–Crippen LogP) is 2.54. The fourth-order valence-corrected chi connectivity index (χ4v) is 4.22. The number of H-pyrrole nitrogens is 1. The first kappa shape index (κ1) is 15.2. The lowest BCUT2D eigenvalue weighted by Gasteiger charge is -2.35. The Morgan fingerprint density at radius 2 is 2.00 bits per heavy atom. The number of benzene rings is 1. The van der Waals surface area contributed by atoms with Gasteiger partial charge in [0.05, 0.1) is 18.9 Å². The van der Waals surface area contributed by atoms with E-state index in [4.69, 9.17) is 9.73 Å². The van der Waals surface area contributed by atoms with Crippen molar-refractivity contribution in [1.82, 2.24) is 14.8 Å². The standard InChI is InChI=1S/C20H24N4O/c1-2-4-18-16(3-1)17-14-24(8-7-19(17)22-18)20-6-5-15(13-21-20)23-9-11-25-12-10-23/h1-5,13,20,22H,6-12,14H2. The van der Waals surface area contributed by atoms with Gasteiger partial charge in [-0.3, -0.25) is 9.89 Å². The summed E-state index contributed by atoms with van der Waals surface area (Å²) in [6.45, 7) is 5.66. The van der Waals surface area contributed by atoms with Crippen LogP contribution in [-0.2, 0) is 17.7 Å². The molecular formula is C20H24N4O. The zero-order valence-electron chi connectivity index (χ0n) is 14.4. The minimum atomic E-state index is 0.270. The number of nitrogens with zero attached hydrogens (tertiary/aromatic N) is 3. The average Bonchev–Trinajstić information content (AvgIpc) is 3.07. The summed E-state index contributed by atoms with van der Waals surface area (Å²) in [5, 5.41) is 1.37. The number of ether oxygens (including phenoxy) is 1. The van der Waals surface area contributed by atoms with Gasteiger partial charge >= 0.3 is 0 Å². The Morgan fingerprint density at radius 1 is 1.12 bits per heavy atom. The Bertz CT molecular complexity index is 831. The molecule has 3 aliphatic heterocycles. The van der Waals surface area contributed by atoms with Crippen LogP contribution in [0.5, 0.6) is 0 Å². The van der Waals surface area contributed by atoms with E-state index < -0.39 is 0 Å². The number of aromatic amines is 1. The molecule has 1 aromatic heterocycles. The molecule has 5 heteroatoms. The summed E-state index contributed by atoms with van der Waals surface area (Å²) in [4.78, 5) is 13.4. The van der Waals surface area contributed by atoms with Crippen molar-refractivity contribution < 1.29 is 4.74 Å². The highest BCUT2D eigenvalue weighted by Crippen LogP contribution is 2.30. The van der Waals surface area contributed by atoms with Crippen molar-refractivity contribution in [2.45, 2.75) is 25.6 Å². The maximum absolute atomic E-state index is 5.44. The molecule has 1 N–H and O–H groups in total. The smallest absolute Gasteiger partial charge is 0.106 e. The van der Waals surface area contributed by atoms with Gasteiger partial charge in [0.2, 0.25) is 0 Å². The van der Waals surface area contributed by atoms with E-state index in [1.54, 1.807) is 0 Å². The highest BCUT2D eigenvalue weighted by molar-refractivity contribution is 5.84. The van der Waals surface area contributed by atoms with Crippen LogP contribution in [0, 0.1) is 0 Å². The highest BCUT2D eigenvalue weighted by atomic mass is 16.5. The summed E-state index contributed by atoms with van der Waals surface area (Å²) >= 11 is 0. The van der Waals surface area contributed by atoms with Crippen molar-refractivity contribution in [1.29, 1.82) is 0 Å². The molecule has 1 unspecified atom stereocenters. The summed E-state index contributed by atoms with van der Waals surface area (Å²) in [5.41, 5.74) is 5.39. The third-order valence-electron chi connectivity index (χ3n) is 5.63. The molecule has 0 saturated carbocycles. The quantitative estimate of drug-likeness (QED) is 0.917. The number of hydrogen-bond donors (Lipinski definition) is 1. The second-order valence-corrected chi connectivity index (χ2v) is 7.07. The topological polar surface area (TPSA) is 43.9 Å². The van der Waals surface area contributed by atoms with E-state index in [1.165, 1.54) is 27.9 Å². The number of hydrogen-bond acceptors (Lipinski definition) is 4. The first-order valence-electron chi connectivity index (χ1n) is 9.27. The van der Waals surface area contributed by atoms with Crippen LogP contribution < -0.4 is 0 Å². The maximum Gasteiger partial charge on any atom is 0.106 e. The van der Waals surface area contributed by atoms with Gasteiger partial charge in [-0.15, -0.1) is 0 Å². The summed E-state index contributed by atoms with van der Waals surface area (Å²) in [6.07, 6.45) is 6.78. The maximum atomic E-state index is 5.44. The van der Waals surface area contributed by atoms with Crippen LogP contribution in [0.2, 0.25) is 0 Å². The van der Waals surface area contributed by atoms with E-state index in [0.717, 1.165) is 52.2 Å². The van der Waals surface area contributed by atoms with Gasteiger partial charge in [0, 0.05) is 61.8 Å². The summed E-state index contributed by atoms with van der Waals surface area (Å²) in [6, 6.07) is 8.64. The molecule has 1 aromatic carbocycles. The molecular weight excluding hydrogens is 312 g/mol. The summed E-state index contributed by atoms with van der Waals surface area (Å²) < 4.78 is 5.44. The van der Waals surface area contributed by atoms with Crippen LogP contribution in [0.3, 0.4) is 0 Å². The van der Waals surface area contributed by atoms with Gasteiger partial charge in [0.25, 0.3) is 0 Å². The fourth-order valence-electron chi connectivity index (χ4n) is 4.22. The van der Waals surface area contributed by atoms with Crippen molar-refractivity contribution in [2.75, 3.05) is 32.8 Å². The van der Waals surface area contributed by atoms with Crippen LogP contribution in [0.15, 0.2) is 41.0 Å². The molecule has 1 fully saturated rings. The van der Waals surface area contributed by atoms with Crippen LogP contribution >= 0.6 is 0 Å². The second kappa shape index (κ2) is 6.32. The third kappa shape index (κ3) is 2.77. The monoisotopic (exact) mass is 336 g/mol. The van der Waals surface area contributed by atoms with Crippen molar-refractivity contribution in [3.8, 4) is 0 Å². The summed E-state index contributed by atoms with van der Waals surface area (Å²) in [5.74, 6) is 0. The number of allylic oxidation sites excluding steroid dienone is 1. The van der Waals surface area contributed by atoms with Crippen LogP contribution in [0.4, 0.5) is 0 Å². The van der Waals surface area contributed by atoms with Gasteiger partial charge in [-0.25, -0.2) is 0 Å². The Balaban J connectivity index is 1.31. The van der Waals surface area contributed by atoms with Gasteiger partial charge in [-0.1, -0.05) is 24.3 Å². The first-order valence-corrected chi connectivity index (χ1v) is 9.27. The molecule has 4 heterocycles. The Morgan fingerprint density at radius 3 is 2.84 bits per heavy atom. The Labute approximate surface area is 148 Å². The number of aromatic nitrogens is 1. The number of morpholine rings is 1. The number of aliphatic imine (C=N–C) groups is 1. The number of dihydropyridines is 1. The minimum absolute atomic E-state index is 0.270. The van der Waals surface area contributed by atoms with E-state index >= 15 is 0 Å². The molecule has 0 aliphatic carbocycles. The molecule has 1 saturated heterocycles. The molecule has 0 amide bonds. The SMILES string of the molecule is C1=NC(N2CCc3[nH]c4ccccc4c3C2)CC=C1N1CCOCC1. The van der Waals surface area contributed by atoms with E-state index in [9.17, 15) is 0 Å². The number of rotatable bonds is 2. The van der Waals surface area contributed by atoms with Gasteiger partial charge in [0.1, 0.15) is 6.17 Å².